The smallest absolute Gasteiger partial charge is 0.332 e. The van der Waals surface area contributed by atoms with Gasteiger partial charge in [-0.3, -0.25) is 4.79 Å². The molecule has 0 aliphatic carbocycles. The number of ether oxygens (including phenoxy) is 2. The van der Waals surface area contributed by atoms with Gasteiger partial charge in [0.1, 0.15) is 6.10 Å². The Morgan fingerprint density at radius 1 is 1.47 bits per heavy atom. The largest absolute Gasteiger partial charge is 0.502 e. The highest BCUT2D eigenvalue weighted by molar-refractivity contribution is 5.82. The minimum absolute atomic E-state index is 0.257. The average Bonchev–Trinajstić information content (AvgIpc) is 2.78. The van der Waals surface area contributed by atoms with Gasteiger partial charge in [0.05, 0.1) is 12.9 Å². The third-order valence-electron chi connectivity index (χ3n) is 2.44. The standard InChI is InChI=1S/C11H17NO5/c1-2-16-7-3-6-12-10(13)8-4-5-9(17-8)11(14)15/h2,8-9H,1,3-7H2,(H,12,13)(H,14,15)/t8-,9+/m0/s1. The first-order valence-electron chi connectivity index (χ1n) is 5.53. The summed E-state index contributed by atoms with van der Waals surface area (Å²) < 4.78 is 10.00. The normalized spacial score (nSPS) is 23.1. The van der Waals surface area contributed by atoms with Gasteiger partial charge in [-0.05, 0) is 19.3 Å². The number of nitrogens with one attached hydrogen (secondary N) is 1. The van der Waals surface area contributed by atoms with Crippen LogP contribution < -0.4 is 5.32 Å². The van der Waals surface area contributed by atoms with Crippen LogP contribution in [0, 0.1) is 0 Å². The van der Waals surface area contributed by atoms with Crippen LogP contribution in [0.5, 0.6) is 0 Å². The lowest BCUT2D eigenvalue weighted by Gasteiger charge is -2.11. The van der Waals surface area contributed by atoms with Gasteiger partial charge in [0, 0.05) is 6.54 Å². The number of carbonyl (C=O) groups excluding carboxylic acids is 1. The number of carboxylic acid groups (broad SMARTS) is 1. The molecule has 1 aliphatic rings. The minimum Gasteiger partial charge on any atom is -0.502 e. The second-order valence-corrected chi connectivity index (χ2v) is 3.71. The van der Waals surface area contributed by atoms with E-state index >= 15 is 0 Å². The molecule has 6 heteroatoms. The van der Waals surface area contributed by atoms with E-state index in [2.05, 4.69) is 11.9 Å². The fourth-order valence-electron chi connectivity index (χ4n) is 1.58. The predicted octanol–water partition coefficient (Wildman–Crippen LogP) is 0.285. The molecule has 0 bridgehead atoms. The van der Waals surface area contributed by atoms with E-state index in [0.717, 1.165) is 0 Å². The lowest BCUT2D eigenvalue weighted by molar-refractivity contribution is -0.151. The van der Waals surface area contributed by atoms with Crippen molar-refractivity contribution in [3.05, 3.63) is 12.8 Å². The number of carboxylic acids is 1. The summed E-state index contributed by atoms with van der Waals surface area (Å²) in [6.07, 6.45) is 1.36. The Kier molecular flexibility index (Phi) is 5.48. The van der Waals surface area contributed by atoms with Crippen LogP contribution in [0.3, 0.4) is 0 Å². The first-order valence-corrected chi connectivity index (χ1v) is 5.53. The molecule has 0 aromatic heterocycles. The van der Waals surface area contributed by atoms with Gasteiger partial charge in [0.25, 0.3) is 0 Å². The van der Waals surface area contributed by atoms with Crippen molar-refractivity contribution in [2.24, 2.45) is 0 Å². The lowest BCUT2D eigenvalue weighted by atomic mass is 10.2. The zero-order valence-electron chi connectivity index (χ0n) is 9.55. The van der Waals surface area contributed by atoms with E-state index in [1.165, 1.54) is 6.26 Å². The summed E-state index contributed by atoms with van der Waals surface area (Å²) in [6.45, 7) is 4.37. The maximum atomic E-state index is 11.6. The van der Waals surface area contributed by atoms with Crippen LogP contribution in [0.4, 0.5) is 0 Å². The van der Waals surface area contributed by atoms with Gasteiger partial charge in [0.2, 0.25) is 5.91 Å². The number of hydrogen-bond acceptors (Lipinski definition) is 4. The summed E-state index contributed by atoms with van der Waals surface area (Å²) in [5, 5.41) is 11.4. The molecule has 0 aromatic carbocycles. The molecule has 17 heavy (non-hydrogen) atoms. The molecule has 0 saturated carbocycles. The van der Waals surface area contributed by atoms with E-state index in [1.807, 2.05) is 0 Å². The van der Waals surface area contributed by atoms with Crippen LogP contribution in [0.15, 0.2) is 12.8 Å². The van der Waals surface area contributed by atoms with Crippen LogP contribution in [0.1, 0.15) is 19.3 Å². The van der Waals surface area contributed by atoms with Gasteiger partial charge in [-0.15, -0.1) is 0 Å². The van der Waals surface area contributed by atoms with E-state index in [-0.39, 0.29) is 5.91 Å². The van der Waals surface area contributed by atoms with E-state index in [4.69, 9.17) is 14.6 Å². The molecule has 1 saturated heterocycles. The van der Waals surface area contributed by atoms with Crippen molar-refractivity contribution in [2.75, 3.05) is 13.2 Å². The van der Waals surface area contributed by atoms with Crippen LogP contribution in [-0.4, -0.2) is 42.3 Å². The first-order chi connectivity index (χ1) is 8.15. The maximum absolute atomic E-state index is 11.6. The highest BCUT2D eigenvalue weighted by Gasteiger charge is 2.34. The molecule has 6 nitrogen and oxygen atoms in total. The van der Waals surface area contributed by atoms with E-state index < -0.39 is 18.2 Å². The fourth-order valence-corrected chi connectivity index (χ4v) is 1.58. The quantitative estimate of drug-likeness (QED) is 0.495. The van der Waals surface area contributed by atoms with Crippen molar-refractivity contribution in [1.82, 2.24) is 5.32 Å². The molecular weight excluding hydrogens is 226 g/mol. The number of amides is 1. The molecule has 96 valence electrons. The molecule has 0 aromatic rings. The molecule has 1 aliphatic heterocycles. The summed E-state index contributed by atoms with van der Waals surface area (Å²) in [5.41, 5.74) is 0. The molecule has 1 rings (SSSR count). The SMILES string of the molecule is C=COCCCNC(=O)[C@@H]1CC[C@H](C(=O)O)O1. The highest BCUT2D eigenvalue weighted by Crippen LogP contribution is 2.19. The summed E-state index contributed by atoms with van der Waals surface area (Å²) in [5.74, 6) is -1.27. The van der Waals surface area contributed by atoms with Gasteiger partial charge in [-0.2, -0.15) is 0 Å². The summed E-state index contributed by atoms with van der Waals surface area (Å²) in [4.78, 5) is 22.2. The number of hydrogen-bond donors (Lipinski definition) is 2. The molecule has 1 heterocycles. The van der Waals surface area contributed by atoms with Crippen molar-refractivity contribution in [1.29, 1.82) is 0 Å². The van der Waals surface area contributed by atoms with Gasteiger partial charge >= 0.3 is 5.97 Å². The molecule has 1 amide bonds. The number of carbonyl (C=O) groups is 2. The second kappa shape index (κ2) is 6.90. The van der Waals surface area contributed by atoms with Crippen LogP contribution in [0.2, 0.25) is 0 Å². The molecule has 0 unspecified atom stereocenters. The third-order valence-corrected chi connectivity index (χ3v) is 2.44. The molecule has 0 radical (unpaired) electrons. The molecule has 2 atom stereocenters. The maximum Gasteiger partial charge on any atom is 0.332 e. The van der Waals surface area contributed by atoms with Gasteiger partial charge in [0.15, 0.2) is 6.10 Å². The second-order valence-electron chi connectivity index (χ2n) is 3.71. The fraction of sp³-hybridized carbons (Fsp3) is 0.636. The summed E-state index contributed by atoms with van der Waals surface area (Å²) in [7, 11) is 0. The van der Waals surface area contributed by atoms with E-state index in [9.17, 15) is 9.59 Å². The zero-order chi connectivity index (χ0) is 12.7. The Balaban J connectivity index is 2.16. The minimum atomic E-state index is -1.01. The van der Waals surface area contributed by atoms with Crippen molar-refractivity contribution >= 4 is 11.9 Å². The van der Waals surface area contributed by atoms with Crippen LogP contribution >= 0.6 is 0 Å². The van der Waals surface area contributed by atoms with Crippen molar-refractivity contribution in [3.63, 3.8) is 0 Å². The Morgan fingerprint density at radius 2 is 2.18 bits per heavy atom. The first kappa shape index (κ1) is 13.5. The number of rotatable bonds is 7. The Labute approximate surface area is 99.6 Å². The topological polar surface area (TPSA) is 84.9 Å². The van der Waals surface area contributed by atoms with Crippen molar-refractivity contribution in [2.45, 2.75) is 31.5 Å². The molecule has 2 N–H and O–H groups in total. The van der Waals surface area contributed by atoms with Gasteiger partial charge in [-0.25, -0.2) is 4.79 Å². The van der Waals surface area contributed by atoms with E-state index in [0.29, 0.717) is 32.4 Å². The zero-order valence-corrected chi connectivity index (χ0v) is 9.55. The third kappa shape index (κ3) is 4.44. The molecule has 0 spiro atoms. The van der Waals surface area contributed by atoms with Crippen LogP contribution in [0.25, 0.3) is 0 Å². The summed E-state index contributed by atoms with van der Waals surface area (Å²) >= 11 is 0. The van der Waals surface area contributed by atoms with Crippen LogP contribution in [-0.2, 0) is 19.1 Å². The molecule has 1 fully saturated rings. The van der Waals surface area contributed by atoms with Gasteiger partial charge < -0.3 is 19.9 Å². The highest BCUT2D eigenvalue weighted by atomic mass is 16.5. The number of aliphatic carboxylic acids is 1. The average molecular weight is 243 g/mol. The Bertz CT molecular complexity index is 292. The summed E-state index contributed by atoms with van der Waals surface area (Å²) in [6, 6.07) is 0. The molecular formula is C11H17NO5. The van der Waals surface area contributed by atoms with Crippen molar-refractivity contribution < 1.29 is 24.2 Å². The van der Waals surface area contributed by atoms with Gasteiger partial charge in [-0.1, -0.05) is 6.58 Å². The monoisotopic (exact) mass is 243 g/mol. The lowest BCUT2D eigenvalue weighted by Crippen LogP contribution is -2.36. The Morgan fingerprint density at radius 3 is 2.76 bits per heavy atom. The Hall–Kier alpha value is -1.56. The van der Waals surface area contributed by atoms with Crippen molar-refractivity contribution in [3.8, 4) is 0 Å². The predicted molar refractivity (Wildman–Crippen MR) is 59.3 cm³/mol. The van der Waals surface area contributed by atoms with E-state index in [1.54, 1.807) is 0 Å².